The van der Waals surface area contributed by atoms with Crippen LogP contribution in [-0.2, 0) is 9.59 Å². The predicted molar refractivity (Wildman–Crippen MR) is 90.3 cm³/mol. The quantitative estimate of drug-likeness (QED) is 0.798. The molecule has 2 heterocycles. The van der Waals surface area contributed by atoms with E-state index in [2.05, 4.69) is 6.58 Å². The van der Waals surface area contributed by atoms with Gasteiger partial charge < -0.3 is 9.80 Å². The van der Waals surface area contributed by atoms with Gasteiger partial charge in [0.1, 0.15) is 0 Å². The van der Waals surface area contributed by atoms with Crippen LogP contribution in [0.3, 0.4) is 0 Å². The molecule has 2 aliphatic rings. The van der Waals surface area contributed by atoms with E-state index >= 15 is 0 Å². The maximum atomic E-state index is 12.6. The Kier molecular flexibility index (Phi) is 4.19. The zero-order chi connectivity index (χ0) is 16.6. The molecule has 2 fully saturated rings. The van der Waals surface area contributed by atoms with E-state index in [0.29, 0.717) is 5.02 Å². The van der Waals surface area contributed by atoms with Crippen molar-refractivity contribution in [1.29, 1.82) is 0 Å². The molecule has 122 valence electrons. The van der Waals surface area contributed by atoms with Crippen LogP contribution in [0.2, 0.25) is 5.02 Å². The van der Waals surface area contributed by atoms with Gasteiger partial charge in [0.15, 0.2) is 0 Å². The standard InChI is InChI=1S/C18H21ClN2O2/c1-3-16(22)20-9-8-18(10-20)11-21(12-18)17(23)13(2)14-4-6-15(19)7-5-14/h3-7,13H,1,8-12H2,2H3. The number of carbonyl (C=O) groups is 2. The van der Waals surface area contributed by atoms with Crippen LogP contribution in [0.1, 0.15) is 24.8 Å². The van der Waals surface area contributed by atoms with E-state index in [-0.39, 0.29) is 23.1 Å². The van der Waals surface area contributed by atoms with Crippen molar-refractivity contribution in [1.82, 2.24) is 9.80 Å². The van der Waals surface area contributed by atoms with E-state index in [0.717, 1.165) is 38.2 Å². The highest BCUT2D eigenvalue weighted by atomic mass is 35.5. The van der Waals surface area contributed by atoms with Gasteiger partial charge in [-0.2, -0.15) is 0 Å². The fraction of sp³-hybridized carbons (Fsp3) is 0.444. The van der Waals surface area contributed by atoms with E-state index < -0.39 is 0 Å². The van der Waals surface area contributed by atoms with Crippen molar-refractivity contribution in [2.75, 3.05) is 26.2 Å². The number of hydrogen-bond acceptors (Lipinski definition) is 2. The first kappa shape index (κ1) is 16.1. The second-order valence-electron chi connectivity index (χ2n) is 6.68. The van der Waals surface area contributed by atoms with Crippen LogP contribution in [0.4, 0.5) is 0 Å². The van der Waals surface area contributed by atoms with Crippen molar-refractivity contribution in [3.8, 4) is 0 Å². The second-order valence-corrected chi connectivity index (χ2v) is 7.12. The molecule has 0 radical (unpaired) electrons. The average Bonchev–Trinajstić information content (AvgIpc) is 2.97. The summed E-state index contributed by atoms with van der Waals surface area (Å²) in [5.41, 5.74) is 1.07. The molecule has 4 nitrogen and oxygen atoms in total. The van der Waals surface area contributed by atoms with Gasteiger partial charge in [-0.3, -0.25) is 9.59 Å². The first-order valence-corrected chi connectivity index (χ1v) is 8.27. The van der Waals surface area contributed by atoms with Crippen LogP contribution in [0, 0.1) is 5.41 Å². The molecule has 0 aliphatic carbocycles. The van der Waals surface area contributed by atoms with Crippen molar-refractivity contribution < 1.29 is 9.59 Å². The maximum Gasteiger partial charge on any atom is 0.245 e. The summed E-state index contributed by atoms with van der Waals surface area (Å²) in [5, 5.41) is 0.675. The van der Waals surface area contributed by atoms with E-state index in [4.69, 9.17) is 11.6 Å². The van der Waals surface area contributed by atoms with Crippen LogP contribution in [-0.4, -0.2) is 47.8 Å². The third-order valence-electron chi connectivity index (χ3n) is 5.03. The highest BCUT2D eigenvalue weighted by Crippen LogP contribution is 2.40. The number of halogens is 1. The summed E-state index contributed by atoms with van der Waals surface area (Å²) in [6, 6.07) is 7.43. The van der Waals surface area contributed by atoms with Gasteiger partial charge in [0.25, 0.3) is 0 Å². The number of nitrogens with zero attached hydrogens (tertiary/aromatic N) is 2. The molecule has 5 heteroatoms. The van der Waals surface area contributed by atoms with Crippen LogP contribution in [0.25, 0.3) is 0 Å². The van der Waals surface area contributed by atoms with Crippen LogP contribution >= 0.6 is 11.6 Å². The molecular formula is C18H21ClN2O2. The number of hydrogen-bond donors (Lipinski definition) is 0. The van der Waals surface area contributed by atoms with Crippen molar-refractivity contribution in [2.45, 2.75) is 19.3 Å². The average molecular weight is 333 g/mol. The summed E-state index contributed by atoms with van der Waals surface area (Å²) in [6.45, 7) is 8.45. The zero-order valence-corrected chi connectivity index (χ0v) is 14.1. The Morgan fingerprint density at radius 3 is 2.43 bits per heavy atom. The number of likely N-dealkylation sites (tertiary alicyclic amines) is 2. The van der Waals surface area contributed by atoms with Gasteiger partial charge in [0.05, 0.1) is 5.92 Å². The molecule has 1 spiro atoms. The highest BCUT2D eigenvalue weighted by molar-refractivity contribution is 6.30. The molecular weight excluding hydrogens is 312 g/mol. The largest absolute Gasteiger partial charge is 0.341 e. The smallest absolute Gasteiger partial charge is 0.245 e. The van der Waals surface area contributed by atoms with Gasteiger partial charge in [0.2, 0.25) is 11.8 Å². The summed E-state index contributed by atoms with van der Waals surface area (Å²) >= 11 is 5.90. The van der Waals surface area contributed by atoms with Crippen molar-refractivity contribution in [3.63, 3.8) is 0 Å². The minimum absolute atomic E-state index is 0.0128. The first-order chi connectivity index (χ1) is 10.9. The fourth-order valence-corrected chi connectivity index (χ4v) is 3.72. The van der Waals surface area contributed by atoms with E-state index in [1.807, 2.05) is 41.0 Å². The summed E-state index contributed by atoms with van der Waals surface area (Å²) in [7, 11) is 0. The third kappa shape index (κ3) is 3.00. The van der Waals surface area contributed by atoms with Crippen molar-refractivity contribution in [2.24, 2.45) is 5.41 Å². The zero-order valence-electron chi connectivity index (χ0n) is 13.3. The van der Waals surface area contributed by atoms with Gasteiger partial charge in [0, 0.05) is 36.6 Å². The summed E-state index contributed by atoms with van der Waals surface area (Å²) < 4.78 is 0. The van der Waals surface area contributed by atoms with Gasteiger partial charge >= 0.3 is 0 Å². The number of carbonyl (C=O) groups excluding carboxylic acids is 2. The fourth-order valence-electron chi connectivity index (χ4n) is 3.60. The summed E-state index contributed by atoms with van der Waals surface area (Å²) in [6.07, 6.45) is 2.33. The number of benzene rings is 1. The molecule has 0 N–H and O–H groups in total. The lowest BCUT2D eigenvalue weighted by Crippen LogP contribution is -2.60. The Morgan fingerprint density at radius 1 is 1.22 bits per heavy atom. The SMILES string of the molecule is C=CC(=O)N1CCC2(C1)CN(C(=O)C(C)c1ccc(Cl)cc1)C2. The van der Waals surface area contributed by atoms with E-state index in [9.17, 15) is 9.59 Å². The Balaban J connectivity index is 1.59. The highest BCUT2D eigenvalue weighted by Gasteiger charge is 2.50. The Morgan fingerprint density at radius 2 is 1.83 bits per heavy atom. The molecule has 1 atom stereocenters. The molecule has 2 amide bonds. The lowest BCUT2D eigenvalue weighted by atomic mass is 9.78. The summed E-state index contributed by atoms with van der Waals surface area (Å²) in [5.74, 6) is -0.0374. The Labute approximate surface area is 141 Å². The normalized spacial score (nSPS) is 20.3. The topological polar surface area (TPSA) is 40.6 Å². The second kappa shape index (κ2) is 6.00. The van der Waals surface area contributed by atoms with Gasteiger partial charge in [-0.15, -0.1) is 0 Å². The maximum absolute atomic E-state index is 12.6. The molecule has 1 unspecified atom stereocenters. The number of amides is 2. The summed E-state index contributed by atoms with van der Waals surface area (Å²) in [4.78, 5) is 28.0. The molecule has 23 heavy (non-hydrogen) atoms. The molecule has 0 bridgehead atoms. The Bertz CT molecular complexity index is 635. The molecule has 1 aromatic rings. The minimum Gasteiger partial charge on any atom is -0.341 e. The molecule has 3 rings (SSSR count). The molecule has 1 aromatic carbocycles. The monoisotopic (exact) mass is 332 g/mol. The minimum atomic E-state index is -0.170. The molecule has 0 aromatic heterocycles. The number of rotatable bonds is 3. The van der Waals surface area contributed by atoms with Crippen molar-refractivity contribution >= 4 is 23.4 Å². The van der Waals surface area contributed by atoms with Gasteiger partial charge in [-0.25, -0.2) is 0 Å². The van der Waals surface area contributed by atoms with E-state index in [1.165, 1.54) is 6.08 Å². The van der Waals surface area contributed by atoms with Crippen LogP contribution in [0.15, 0.2) is 36.9 Å². The third-order valence-corrected chi connectivity index (χ3v) is 5.28. The van der Waals surface area contributed by atoms with Gasteiger partial charge in [-0.05, 0) is 37.1 Å². The molecule has 2 saturated heterocycles. The van der Waals surface area contributed by atoms with Crippen molar-refractivity contribution in [3.05, 3.63) is 47.5 Å². The Hall–Kier alpha value is -1.81. The van der Waals surface area contributed by atoms with Gasteiger partial charge in [-0.1, -0.05) is 30.3 Å². The lowest BCUT2D eigenvalue weighted by molar-refractivity contribution is -0.144. The lowest BCUT2D eigenvalue weighted by Gasteiger charge is -2.48. The molecule has 2 aliphatic heterocycles. The predicted octanol–water partition coefficient (Wildman–Crippen LogP) is 2.69. The first-order valence-electron chi connectivity index (χ1n) is 7.90. The van der Waals surface area contributed by atoms with E-state index in [1.54, 1.807) is 0 Å². The van der Waals surface area contributed by atoms with Crippen LogP contribution < -0.4 is 0 Å². The molecule has 0 saturated carbocycles. The van der Waals surface area contributed by atoms with Crippen LogP contribution in [0.5, 0.6) is 0 Å².